The highest BCUT2D eigenvalue weighted by Crippen LogP contribution is 2.19. The van der Waals surface area contributed by atoms with Crippen LogP contribution in [0.5, 0.6) is 0 Å². The number of benzene rings is 2. The van der Waals surface area contributed by atoms with E-state index >= 15 is 0 Å². The van der Waals surface area contributed by atoms with Gasteiger partial charge < -0.3 is 22.5 Å². The van der Waals surface area contributed by atoms with E-state index in [4.69, 9.17) is 17.2 Å². The first-order valence-corrected chi connectivity index (χ1v) is 6.86. The van der Waals surface area contributed by atoms with E-state index in [1.165, 1.54) is 0 Å². The average Bonchev–Trinajstić information content (AvgIpc) is 2.47. The molecule has 0 saturated carbocycles. The molecule has 23 heavy (non-hydrogen) atoms. The third kappa shape index (κ3) is 4.57. The lowest BCUT2D eigenvalue weighted by Crippen LogP contribution is -2.26. The number of rotatable bonds is 3. The molecule has 2 aromatic rings. The fraction of sp³-hybridized carbons (Fsp3) is 0.0625. The third-order valence-electron chi connectivity index (χ3n) is 2.98. The maximum absolute atomic E-state index is 12.3. The summed E-state index contributed by atoms with van der Waals surface area (Å²) >= 11 is 0. The SMILES string of the molecule is Cc1ccccc1C(=O)Nc1cccc(N=C(N)N=C(N)N)c1. The Hall–Kier alpha value is -3.35. The van der Waals surface area contributed by atoms with Crippen LogP contribution in [-0.2, 0) is 0 Å². The van der Waals surface area contributed by atoms with Gasteiger partial charge in [-0.3, -0.25) is 4.79 Å². The summed E-state index contributed by atoms with van der Waals surface area (Å²) in [6, 6.07) is 14.2. The minimum absolute atomic E-state index is 0.0626. The molecule has 118 valence electrons. The second-order valence-corrected chi connectivity index (χ2v) is 4.83. The zero-order valence-corrected chi connectivity index (χ0v) is 12.7. The van der Waals surface area contributed by atoms with Crippen molar-refractivity contribution < 1.29 is 4.79 Å². The van der Waals surface area contributed by atoms with Gasteiger partial charge in [-0.05, 0) is 36.8 Å². The Morgan fingerprint density at radius 1 is 1.04 bits per heavy atom. The second kappa shape index (κ2) is 7.08. The van der Waals surface area contributed by atoms with Gasteiger partial charge in [0.25, 0.3) is 5.91 Å². The van der Waals surface area contributed by atoms with Crippen LogP contribution < -0.4 is 22.5 Å². The number of amides is 1. The molecule has 0 aliphatic rings. The summed E-state index contributed by atoms with van der Waals surface area (Å²) in [5.41, 5.74) is 18.7. The van der Waals surface area contributed by atoms with Crippen molar-refractivity contribution in [1.82, 2.24) is 0 Å². The standard InChI is InChI=1S/C16H18N6O/c1-10-5-2-3-8-13(10)14(23)20-11-6-4-7-12(9-11)21-16(19)22-15(17)18/h2-9H,1H3,(H,20,23)(H6,17,18,19,21,22). The van der Waals surface area contributed by atoms with Gasteiger partial charge in [0, 0.05) is 11.3 Å². The summed E-state index contributed by atoms with van der Waals surface area (Å²) in [6.07, 6.45) is 0. The van der Waals surface area contributed by atoms with Crippen LogP contribution in [0.3, 0.4) is 0 Å². The minimum atomic E-state index is -0.193. The Morgan fingerprint density at radius 2 is 1.78 bits per heavy atom. The predicted molar refractivity (Wildman–Crippen MR) is 92.7 cm³/mol. The molecule has 7 heteroatoms. The van der Waals surface area contributed by atoms with Gasteiger partial charge in [0.15, 0.2) is 5.96 Å². The highest BCUT2D eigenvalue weighted by Gasteiger charge is 2.08. The molecule has 0 unspecified atom stereocenters. The van der Waals surface area contributed by atoms with Gasteiger partial charge in [-0.25, -0.2) is 4.99 Å². The Morgan fingerprint density at radius 3 is 2.48 bits per heavy atom. The molecule has 0 heterocycles. The summed E-state index contributed by atoms with van der Waals surface area (Å²) in [7, 11) is 0. The highest BCUT2D eigenvalue weighted by atomic mass is 16.1. The molecule has 1 amide bonds. The first kappa shape index (κ1) is 16.0. The lowest BCUT2D eigenvalue weighted by Gasteiger charge is -2.08. The van der Waals surface area contributed by atoms with Gasteiger partial charge in [-0.15, -0.1) is 0 Å². The molecule has 0 aromatic heterocycles. The van der Waals surface area contributed by atoms with Crippen molar-refractivity contribution >= 4 is 29.2 Å². The first-order valence-electron chi connectivity index (χ1n) is 6.86. The summed E-state index contributed by atoms with van der Waals surface area (Å²) in [4.78, 5) is 20.0. The molecule has 0 spiro atoms. The van der Waals surface area contributed by atoms with Crippen molar-refractivity contribution in [2.75, 3.05) is 5.32 Å². The molecule has 0 aliphatic heterocycles. The van der Waals surface area contributed by atoms with Gasteiger partial charge in [-0.2, -0.15) is 4.99 Å². The van der Waals surface area contributed by atoms with Gasteiger partial charge in [0.2, 0.25) is 5.96 Å². The molecular formula is C16H18N6O. The van der Waals surface area contributed by atoms with Crippen molar-refractivity contribution in [2.24, 2.45) is 27.2 Å². The van der Waals surface area contributed by atoms with Crippen LogP contribution in [0.15, 0.2) is 58.5 Å². The summed E-state index contributed by atoms with van der Waals surface area (Å²) < 4.78 is 0. The molecule has 0 bridgehead atoms. The topological polar surface area (TPSA) is 132 Å². The molecule has 7 N–H and O–H groups in total. The molecule has 0 radical (unpaired) electrons. The monoisotopic (exact) mass is 310 g/mol. The zero-order chi connectivity index (χ0) is 16.8. The Balaban J connectivity index is 2.19. The maximum atomic E-state index is 12.3. The van der Waals surface area contributed by atoms with Crippen LogP contribution in [0.4, 0.5) is 11.4 Å². The number of nitrogens with two attached hydrogens (primary N) is 3. The number of anilines is 1. The van der Waals surface area contributed by atoms with Crippen LogP contribution in [0.25, 0.3) is 0 Å². The molecular weight excluding hydrogens is 292 g/mol. The van der Waals surface area contributed by atoms with Crippen LogP contribution in [0.2, 0.25) is 0 Å². The Kier molecular flexibility index (Phi) is 4.93. The van der Waals surface area contributed by atoms with E-state index in [0.29, 0.717) is 16.9 Å². The number of aliphatic imine (C=N–C) groups is 2. The highest BCUT2D eigenvalue weighted by molar-refractivity contribution is 6.05. The molecule has 0 saturated heterocycles. The lowest BCUT2D eigenvalue weighted by molar-refractivity contribution is 0.102. The number of carbonyl (C=O) groups excluding carboxylic acids is 1. The number of aryl methyl sites for hydroxylation is 1. The Labute approximate surface area is 133 Å². The maximum Gasteiger partial charge on any atom is 0.255 e. The van der Waals surface area contributed by atoms with Crippen LogP contribution in [-0.4, -0.2) is 17.8 Å². The van der Waals surface area contributed by atoms with E-state index < -0.39 is 0 Å². The van der Waals surface area contributed by atoms with E-state index in [1.54, 1.807) is 30.3 Å². The summed E-state index contributed by atoms with van der Waals surface area (Å²) in [5.74, 6) is -0.427. The largest absolute Gasteiger partial charge is 0.370 e. The van der Waals surface area contributed by atoms with Gasteiger partial charge in [0.05, 0.1) is 5.69 Å². The molecule has 0 atom stereocenters. The fourth-order valence-electron chi connectivity index (χ4n) is 1.97. The number of guanidine groups is 2. The van der Waals surface area contributed by atoms with Crippen LogP contribution >= 0.6 is 0 Å². The van der Waals surface area contributed by atoms with Gasteiger partial charge in [-0.1, -0.05) is 24.3 Å². The quantitative estimate of drug-likeness (QED) is 0.504. The first-order chi connectivity index (χ1) is 11.0. The third-order valence-corrected chi connectivity index (χ3v) is 2.98. The molecule has 0 fully saturated rings. The number of nitrogens with zero attached hydrogens (tertiary/aromatic N) is 2. The minimum Gasteiger partial charge on any atom is -0.370 e. The van der Waals surface area contributed by atoms with Crippen molar-refractivity contribution in [3.05, 3.63) is 59.7 Å². The number of hydrogen-bond acceptors (Lipinski definition) is 2. The van der Waals surface area contributed by atoms with Crippen molar-refractivity contribution in [2.45, 2.75) is 6.92 Å². The van der Waals surface area contributed by atoms with Crippen LogP contribution in [0.1, 0.15) is 15.9 Å². The number of hydrogen-bond donors (Lipinski definition) is 4. The smallest absolute Gasteiger partial charge is 0.255 e. The zero-order valence-electron chi connectivity index (χ0n) is 12.7. The molecule has 7 nitrogen and oxygen atoms in total. The predicted octanol–water partition coefficient (Wildman–Crippen LogP) is 1.47. The van der Waals surface area contributed by atoms with E-state index in [-0.39, 0.29) is 17.8 Å². The van der Waals surface area contributed by atoms with E-state index in [1.807, 2.05) is 25.1 Å². The van der Waals surface area contributed by atoms with Crippen LogP contribution in [0, 0.1) is 6.92 Å². The van der Waals surface area contributed by atoms with Gasteiger partial charge >= 0.3 is 0 Å². The van der Waals surface area contributed by atoms with E-state index in [9.17, 15) is 4.79 Å². The van der Waals surface area contributed by atoms with E-state index in [2.05, 4.69) is 15.3 Å². The summed E-state index contributed by atoms with van der Waals surface area (Å²) in [5, 5.41) is 2.82. The molecule has 0 aliphatic carbocycles. The number of carbonyl (C=O) groups is 1. The second-order valence-electron chi connectivity index (χ2n) is 4.83. The normalized spacial score (nSPS) is 10.9. The van der Waals surface area contributed by atoms with E-state index in [0.717, 1.165) is 5.56 Å². The molecule has 2 aromatic carbocycles. The average molecular weight is 310 g/mol. The van der Waals surface area contributed by atoms with Crippen molar-refractivity contribution in [3.63, 3.8) is 0 Å². The molecule has 2 rings (SSSR count). The lowest BCUT2D eigenvalue weighted by atomic mass is 10.1. The van der Waals surface area contributed by atoms with Gasteiger partial charge in [0.1, 0.15) is 0 Å². The van der Waals surface area contributed by atoms with Crippen molar-refractivity contribution in [1.29, 1.82) is 0 Å². The number of nitrogens with one attached hydrogen (secondary N) is 1. The van der Waals surface area contributed by atoms with Crippen molar-refractivity contribution in [3.8, 4) is 0 Å². The fourth-order valence-corrected chi connectivity index (χ4v) is 1.97. The Bertz CT molecular complexity index is 778. The summed E-state index contributed by atoms with van der Waals surface area (Å²) in [6.45, 7) is 1.88.